The second kappa shape index (κ2) is 8.88. The van der Waals surface area contributed by atoms with E-state index in [-0.39, 0.29) is 0 Å². The van der Waals surface area contributed by atoms with Crippen LogP contribution >= 0.6 is 50.3 Å². The number of methoxy groups -OCH3 is 1. The van der Waals surface area contributed by atoms with Crippen LogP contribution in [0.2, 0.25) is 0 Å². The zero-order valence-electron chi connectivity index (χ0n) is 15.2. The highest BCUT2D eigenvalue weighted by Crippen LogP contribution is 2.32. The van der Waals surface area contributed by atoms with E-state index in [0.29, 0.717) is 0 Å². The van der Waals surface area contributed by atoms with Crippen LogP contribution in [0.5, 0.6) is 5.75 Å². The smallest absolute Gasteiger partial charge is 0.174 e. The van der Waals surface area contributed by atoms with Gasteiger partial charge in [-0.25, -0.2) is 4.98 Å². The van der Waals surface area contributed by atoms with Gasteiger partial charge < -0.3 is 4.74 Å². The van der Waals surface area contributed by atoms with E-state index in [1.165, 1.54) is 11.1 Å². The van der Waals surface area contributed by atoms with E-state index in [0.717, 1.165) is 42.3 Å². The number of ether oxygens (including phenoxy) is 1. The highest BCUT2D eigenvalue weighted by atomic mass is 127. The Kier molecular flexibility index (Phi) is 6.28. The third kappa shape index (κ3) is 4.23. The minimum Gasteiger partial charge on any atom is -0.497 e. The third-order valence-corrected chi connectivity index (χ3v) is 6.85. The van der Waals surface area contributed by atoms with Crippen LogP contribution in [0, 0.1) is 0 Å². The first kappa shape index (κ1) is 19.8. The molecule has 28 heavy (non-hydrogen) atoms. The van der Waals surface area contributed by atoms with Crippen LogP contribution in [0.1, 0.15) is 11.1 Å². The quantitative estimate of drug-likeness (QED) is 0.143. The molecule has 0 bridgehead atoms. The summed E-state index contributed by atoms with van der Waals surface area (Å²) in [6, 6.07) is 23.1. The summed E-state index contributed by atoms with van der Waals surface area (Å²) in [5, 5.41) is 0.983. The molecule has 3 nitrogen and oxygen atoms in total. The molecule has 3 aromatic carbocycles. The van der Waals surface area contributed by atoms with Crippen molar-refractivity contribution in [3.8, 4) is 11.4 Å². The lowest BCUT2D eigenvalue weighted by molar-refractivity contribution is 0.414. The van der Waals surface area contributed by atoms with E-state index in [2.05, 4.69) is 97.7 Å². The summed E-state index contributed by atoms with van der Waals surface area (Å²) < 4.78 is 9.59. The summed E-state index contributed by atoms with van der Waals surface area (Å²) >= 11 is 7.70. The molecule has 0 radical (unpaired) electrons. The molecule has 0 fully saturated rings. The fourth-order valence-electron chi connectivity index (χ4n) is 2.98. The second-order valence-electron chi connectivity index (χ2n) is 6.30. The molecule has 0 aliphatic rings. The topological polar surface area (TPSA) is 27.1 Å². The Morgan fingerprint density at radius 1 is 1.00 bits per heavy atom. The average Bonchev–Trinajstić information content (AvgIpc) is 3.10. The van der Waals surface area contributed by atoms with E-state index in [9.17, 15) is 0 Å². The van der Waals surface area contributed by atoms with Gasteiger partial charge in [-0.2, -0.15) is 0 Å². The van der Waals surface area contributed by atoms with Gasteiger partial charge in [-0.15, -0.1) is 0 Å². The molecule has 4 aromatic rings. The van der Waals surface area contributed by atoms with Gasteiger partial charge in [-0.05, 0) is 53.6 Å². The summed E-state index contributed by atoms with van der Waals surface area (Å²) in [5.74, 6) is 1.72. The molecule has 0 spiro atoms. The lowest BCUT2D eigenvalue weighted by Gasteiger charge is -2.10. The molecule has 0 amide bonds. The number of thioether (sulfide) groups is 1. The molecule has 1 heterocycles. The second-order valence-corrected chi connectivity index (χ2v) is 8.92. The third-order valence-electron chi connectivity index (χ3n) is 4.46. The van der Waals surface area contributed by atoms with Crippen molar-refractivity contribution >= 4 is 61.3 Å². The summed E-state index contributed by atoms with van der Waals surface area (Å²) in [6.07, 6.45) is 0. The Morgan fingerprint density at radius 2 is 1.71 bits per heavy atom. The van der Waals surface area contributed by atoms with Gasteiger partial charge in [0.05, 0.1) is 18.1 Å². The van der Waals surface area contributed by atoms with Gasteiger partial charge in [0.2, 0.25) is 0 Å². The first-order valence-corrected chi connectivity index (χ1v) is 12.1. The zero-order valence-corrected chi connectivity index (χ0v) is 19.8. The Bertz CT molecular complexity index is 1090. The molecule has 0 aliphatic heterocycles. The molecule has 0 N–H and O–H groups in total. The largest absolute Gasteiger partial charge is 0.497 e. The van der Waals surface area contributed by atoms with Crippen molar-refractivity contribution in [2.75, 3.05) is 7.11 Å². The molecule has 0 unspecified atom stereocenters. The van der Waals surface area contributed by atoms with E-state index in [1.807, 2.05) is 12.1 Å². The van der Waals surface area contributed by atoms with Gasteiger partial charge in [0.15, 0.2) is 5.16 Å². The molecule has 4 rings (SSSR count). The zero-order chi connectivity index (χ0) is 19.5. The predicted molar refractivity (Wildman–Crippen MR) is 129 cm³/mol. The molecule has 0 saturated heterocycles. The maximum atomic E-state index is 5.31. The monoisotopic (exact) mass is 564 g/mol. The van der Waals surface area contributed by atoms with Crippen molar-refractivity contribution in [3.05, 3.63) is 82.3 Å². The first-order chi connectivity index (χ1) is 13.7. The van der Waals surface area contributed by atoms with Crippen molar-refractivity contribution in [1.29, 1.82) is 0 Å². The minimum atomic E-state index is 0.848. The molecular formula is C22H18BrIN2OS. The number of halogens is 2. The molecule has 1 aromatic heterocycles. The fraction of sp³-hybridized carbons (Fsp3) is 0.136. The molecule has 0 saturated carbocycles. The number of alkyl halides is 1. The van der Waals surface area contributed by atoms with Crippen LogP contribution in [0.15, 0.2) is 76.4 Å². The van der Waals surface area contributed by atoms with Gasteiger partial charge in [0.1, 0.15) is 5.75 Å². The standard InChI is InChI=1S/C22H18BrIN2OS/c1-27-19-9-7-18(8-10-19)26-21-11-6-17(23)12-20(21)25-22(26)28-14-16-4-2-15(13-24)3-5-16/h2-12H,13-14H2,1H3. The van der Waals surface area contributed by atoms with Gasteiger partial charge in [0.25, 0.3) is 0 Å². The van der Waals surface area contributed by atoms with Gasteiger partial charge in [-0.1, -0.05) is 74.5 Å². The normalized spacial score (nSPS) is 11.1. The van der Waals surface area contributed by atoms with E-state index in [4.69, 9.17) is 9.72 Å². The minimum absolute atomic E-state index is 0.848. The van der Waals surface area contributed by atoms with Gasteiger partial charge >= 0.3 is 0 Å². The van der Waals surface area contributed by atoms with Crippen LogP contribution in [-0.2, 0) is 10.2 Å². The Morgan fingerprint density at radius 3 is 2.39 bits per heavy atom. The number of imidazole rings is 1. The van der Waals surface area contributed by atoms with Crippen LogP contribution in [0.3, 0.4) is 0 Å². The molecule has 0 aliphatic carbocycles. The first-order valence-electron chi connectivity index (χ1n) is 8.77. The SMILES string of the molecule is COc1ccc(-n2c(SCc3ccc(CI)cc3)nc3cc(Br)ccc32)cc1. The number of benzene rings is 3. The van der Waals surface area contributed by atoms with E-state index < -0.39 is 0 Å². The average molecular weight is 565 g/mol. The Labute approximate surface area is 190 Å². The maximum absolute atomic E-state index is 5.31. The molecule has 0 atom stereocenters. The number of hydrogen-bond acceptors (Lipinski definition) is 3. The van der Waals surface area contributed by atoms with E-state index in [1.54, 1.807) is 18.9 Å². The summed E-state index contributed by atoms with van der Waals surface area (Å²) in [5.41, 5.74) is 5.80. The van der Waals surface area contributed by atoms with Crippen molar-refractivity contribution in [2.24, 2.45) is 0 Å². The number of hydrogen-bond donors (Lipinski definition) is 0. The number of nitrogens with zero attached hydrogens (tertiary/aromatic N) is 2. The Hall–Kier alpha value is -1.51. The highest BCUT2D eigenvalue weighted by Gasteiger charge is 2.14. The lowest BCUT2D eigenvalue weighted by atomic mass is 10.2. The van der Waals surface area contributed by atoms with Crippen LogP contribution in [0.25, 0.3) is 16.7 Å². The highest BCUT2D eigenvalue weighted by molar-refractivity contribution is 14.1. The molecule has 142 valence electrons. The maximum Gasteiger partial charge on any atom is 0.174 e. The fourth-order valence-corrected chi connectivity index (χ4v) is 4.82. The van der Waals surface area contributed by atoms with Gasteiger partial charge in [0, 0.05) is 20.3 Å². The summed E-state index contributed by atoms with van der Waals surface area (Å²) in [4.78, 5) is 4.90. The van der Waals surface area contributed by atoms with Gasteiger partial charge in [-0.3, -0.25) is 4.57 Å². The lowest BCUT2D eigenvalue weighted by Crippen LogP contribution is -1.97. The van der Waals surface area contributed by atoms with E-state index >= 15 is 0 Å². The van der Waals surface area contributed by atoms with Crippen LogP contribution < -0.4 is 4.74 Å². The number of rotatable bonds is 6. The number of fused-ring (bicyclic) bond motifs is 1. The van der Waals surface area contributed by atoms with Crippen molar-refractivity contribution in [1.82, 2.24) is 9.55 Å². The van der Waals surface area contributed by atoms with Crippen molar-refractivity contribution in [2.45, 2.75) is 15.3 Å². The van der Waals surface area contributed by atoms with Crippen molar-refractivity contribution < 1.29 is 4.74 Å². The number of aromatic nitrogens is 2. The van der Waals surface area contributed by atoms with Crippen molar-refractivity contribution in [3.63, 3.8) is 0 Å². The predicted octanol–water partition coefficient (Wildman–Crippen LogP) is 7.02. The molecular weight excluding hydrogens is 547 g/mol. The Balaban J connectivity index is 1.71. The van der Waals surface area contributed by atoms with Crippen LogP contribution in [-0.4, -0.2) is 16.7 Å². The molecule has 6 heteroatoms. The summed E-state index contributed by atoms with van der Waals surface area (Å²) in [7, 11) is 1.68. The van der Waals surface area contributed by atoms with Crippen LogP contribution in [0.4, 0.5) is 0 Å². The summed E-state index contributed by atoms with van der Waals surface area (Å²) in [6.45, 7) is 0.